The van der Waals surface area contributed by atoms with Gasteiger partial charge in [0.2, 0.25) is 0 Å². The van der Waals surface area contributed by atoms with Crippen LogP contribution in [0.15, 0.2) is 72.8 Å². The molecule has 0 saturated heterocycles. The summed E-state index contributed by atoms with van der Waals surface area (Å²) in [5.41, 5.74) is 12.3. The van der Waals surface area contributed by atoms with Crippen molar-refractivity contribution < 1.29 is 9.59 Å². The number of nitrogen functional groups attached to an aromatic ring is 1. The van der Waals surface area contributed by atoms with Crippen LogP contribution in [0.3, 0.4) is 0 Å². The third-order valence-corrected chi connectivity index (χ3v) is 6.84. The van der Waals surface area contributed by atoms with Crippen LogP contribution in [0.5, 0.6) is 0 Å². The van der Waals surface area contributed by atoms with Crippen molar-refractivity contribution in [2.45, 2.75) is 46.6 Å². The van der Waals surface area contributed by atoms with E-state index in [1.807, 2.05) is 78.3 Å². The second-order valence-corrected chi connectivity index (χ2v) is 10.6. The van der Waals surface area contributed by atoms with Gasteiger partial charge in [0.05, 0.1) is 17.4 Å². The number of carbonyl (C=O) groups is 2. The van der Waals surface area contributed by atoms with Crippen molar-refractivity contribution in [1.29, 1.82) is 0 Å². The first kappa shape index (κ1) is 26.2. The zero-order chi connectivity index (χ0) is 26.7. The molecule has 5 nitrogen and oxygen atoms in total. The van der Waals surface area contributed by atoms with E-state index in [0.717, 1.165) is 40.3 Å². The molecule has 4 aromatic rings. The second-order valence-electron chi connectivity index (χ2n) is 10.6. The molecule has 2 N–H and O–H groups in total. The lowest BCUT2D eigenvalue weighted by Crippen LogP contribution is -2.44. The standard InChI is InChI=1S/C32H37N3O2/c1-21(2)17-25(20-36)35(30-16-15-24(19-28(30)33)23-11-7-6-8-12-23)32(37)31-27(18-22(3)4)26-13-9-10-14-29(26)34(31)5/h6-16,19-22,25H,17-18,33H2,1-5H3/t25-/m0/s1. The molecule has 1 amide bonds. The summed E-state index contributed by atoms with van der Waals surface area (Å²) < 4.78 is 1.97. The summed E-state index contributed by atoms with van der Waals surface area (Å²) >= 11 is 0. The van der Waals surface area contributed by atoms with Crippen LogP contribution in [-0.4, -0.2) is 22.8 Å². The van der Waals surface area contributed by atoms with Crippen LogP contribution < -0.4 is 10.6 Å². The number of amides is 1. The average molecular weight is 496 g/mol. The van der Waals surface area contributed by atoms with Gasteiger partial charge in [-0.15, -0.1) is 0 Å². The van der Waals surface area contributed by atoms with Crippen LogP contribution in [0.4, 0.5) is 11.4 Å². The van der Waals surface area contributed by atoms with Gasteiger partial charge in [0.15, 0.2) is 0 Å². The van der Waals surface area contributed by atoms with Crippen molar-refractivity contribution in [2.75, 3.05) is 10.6 Å². The molecule has 0 radical (unpaired) electrons. The monoisotopic (exact) mass is 495 g/mol. The number of carbonyl (C=O) groups excluding carboxylic acids is 2. The van der Waals surface area contributed by atoms with Crippen LogP contribution in [0.2, 0.25) is 0 Å². The van der Waals surface area contributed by atoms with Gasteiger partial charge in [-0.3, -0.25) is 9.69 Å². The molecule has 1 atom stereocenters. The molecule has 0 saturated carbocycles. The largest absolute Gasteiger partial charge is 0.397 e. The Hall–Kier alpha value is -3.86. The molecule has 5 heteroatoms. The zero-order valence-corrected chi connectivity index (χ0v) is 22.4. The first-order valence-electron chi connectivity index (χ1n) is 13.0. The van der Waals surface area contributed by atoms with Crippen molar-refractivity contribution in [2.24, 2.45) is 18.9 Å². The maximum Gasteiger partial charge on any atom is 0.275 e. The number of hydrogen-bond donors (Lipinski definition) is 1. The molecule has 37 heavy (non-hydrogen) atoms. The molecule has 0 unspecified atom stereocenters. The Morgan fingerprint density at radius 2 is 1.59 bits per heavy atom. The molecule has 0 aliphatic rings. The van der Waals surface area contributed by atoms with Crippen LogP contribution in [-0.2, 0) is 18.3 Å². The number of fused-ring (bicyclic) bond motifs is 1. The van der Waals surface area contributed by atoms with E-state index >= 15 is 0 Å². The summed E-state index contributed by atoms with van der Waals surface area (Å²) in [6.45, 7) is 8.42. The number of rotatable bonds is 9. The van der Waals surface area contributed by atoms with Crippen LogP contribution in [0, 0.1) is 11.8 Å². The quantitative estimate of drug-likeness (QED) is 0.203. The van der Waals surface area contributed by atoms with Crippen molar-refractivity contribution in [1.82, 2.24) is 4.57 Å². The van der Waals surface area contributed by atoms with Gasteiger partial charge in [0.25, 0.3) is 5.91 Å². The fraction of sp³-hybridized carbons (Fsp3) is 0.312. The highest BCUT2D eigenvalue weighted by atomic mass is 16.2. The molecule has 1 heterocycles. The van der Waals surface area contributed by atoms with Crippen LogP contribution in [0.25, 0.3) is 22.0 Å². The van der Waals surface area contributed by atoms with Crippen molar-refractivity contribution in [3.8, 4) is 11.1 Å². The number of anilines is 2. The molecule has 0 spiro atoms. The van der Waals surface area contributed by atoms with Gasteiger partial charge in [-0.1, -0.05) is 82.3 Å². The molecule has 0 fully saturated rings. The fourth-order valence-electron chi connectivity index (χ4n) is 5.20. The lowest BCUT2D eigenvalue weighted by atomic mass is 9.97. The number of para-hydroxylation sites is 1. The average Bonchev–Trinajstić information content (AvgIpc) is 3.15. The number of hydrogen-bond acceptors (Lipinski definition) is 3. The van der Waals surface area contributed by atoms with Gasteiger partial charge < -0.3 is 15.1 Å². The summed E-state index contributed by atoms with van der Waals surface area (Å²) in [5.74, 6) is 0.378. The Morgan fingerprint density at radius 3 is 2.22 bits per heavy atom. The molecule has 1 aromatic heterocycles. The molecular weight excluding hydrogens is 458 g/mol. The van der Waals surface area contributed by atoms with E-state index < -0.39 is 6.04 Å². The van der Waals surface area contributed by atoms with Crippen LogP contribution in [0.1, 0.15) is 50.2 Å². The van der Waals surface area contributed by atoms with E-state index in [-0.39, 0.29) is 11.8 Å². The van der Waals surface area contributed by atoms with E-state index in [2.05, 4.69) is 33.8 Å². The first-order chi connectivity index (χ1) is 17.7. The summed E-state index contributed by atoms with van der Waals surface area (Å²) in [7, 11) is 1.93. The van der Waals surface area contributed by atoms with Gasteiger partial charge in [-0.25, -0.2) is 0 Å². The molecule has 3 aromatic carbocycles. The Morgan fingerprint density at radius 1 is 0.919 bits per heavy atom. The highest BCUT2D eigenvalue weighted by Crippen LogP contribution is 2.35. The van der Waals surface area contributed by atoms with E-state index in [4.69, 9.17) is 5.73 Å². The van der Waals surface area contributed by atoms with Crippen LogP contribution >= 0.6 is 0 Å². The van der Waals surface area contributed by atoms with Gasteiger partial charge in [-0.05, 0) is 59.6 Å². The van der Waals surface area contributed by atoms with Gasteiger partial charge in [0.1, 0.15) is 12.0 Å². The topological polar surface area (TPSA) is 68.3 Å². The molecular formula is C32H37N3O2. The summed E-state index contributed by atoms with van der Waals surface area (Å²) in [4.78, 5) is 28.6. The SMILES string of the molecule is CC(C)Cc1c(C(=O)N(c2ccc(-c3ccccc3)cc2N)[C@H](C=O)CC(C)C)n(C)c2ccccc12. The smallest absolute Gasteiger partial charge is 0.275 e. The number of nitrogens with zero attached hydrogens (tertiary/aromatic N) is 2. The minimum atomic E-state index is -0.637. The Balaban J connectivity index is 1.90. The molecule has 0 aliphatic carbocycles. The van der Waals surface area contributed by atoms with Crippen molar-refractivity contribution >= 4 is 34.5 Å². The summed E-state index contributed by atoms with van der Waals surface area (Å²) in [6.07, 6.45) is 2.18. The molecule has 0 bridgehead atoms. The number of benzene rings is 3. The van der Waals surface area contributed by atoms with E-state index in [1.54, 1.807) is 4.90 Å². The number of nitrogens with two attached hydrogens (primary N) is 1. The van der Waals surface area contributed by atoms with Crippen molar-refractivity contribution in [3.63, 3.8) is 0 Å². The summed E-state index contributed by atoms with van der Waals surface area (Å²) in [5, 5.41) is 1.07. The van der Waals surface area contributed by atoms with Crippen molar-refractivity contribution in [3.05, 3.63) is 84.1 Å². The molecule has 4 rings (SSSR count). The van der Waals surface area contributed by atoms with Gasteiger partial charge >= 0.3 is 0 Å². The maximum atomic E-state index is 14.5. The Labute approximate surface area is 219 Å². The highest BCUT2D eigenvalue weighted by molar-refractivity contribution is 6.12. The van der Waals surface area contributed by atoms with E-state index in [0.29, 0.717) is 29.4 Å². The third-order valence-electron chi connectivity index (χ3n) is 6.84. The van der Waals surface area contributed by atoms with Gasteiger partial charge in [0, 0.05) is 18.0 Å². The lowest BCUT2D eigenvalue weighted by molar-refractivity contribution is -0.109. The maximum absolute atomic E-state index is 14.5. The Kier molecular flexibility index (Phi) is 7.82. The Bertz CT molecular complexity index is 1400. The number of aryl methyl sites for hydroxylation is 1. The second kappa shape index (κ2) is 11.0. The van der Waals surface area contributed by atoms with E-state index in [1.165, 1.54) is 0 Å². The minimum absolute atomic E-state index is 0.203. The molecule has 192 valence electrons. The predicted molar refractivity (Wildman–Crippen MR) is 154 cm³/mol. The predicted octanol–water partition coefficient (Wildman–Crippen LogP) is 6.89. The fourth-order valence-corrected chi connectivity index (χ4v) is 5.20. The van der Waals surface area contributed by atoms with E-state index in [9.17, 15) is 9.59 Å². The first-order valence-corrected chi connectivity index (χ1v) is 13.0. The highest BCUT2D eigenvalue weighted by Gasteiger charge is 2.32. The number of aromatic nitrogens is 1. The zero-order valence-electron chi connectivity index (χ0n) is 22.4. The normalized spacial score (nSPS) is 12.3. The number of aldehydes is 1. The summed E-state index contributed by atoms with van der Waals surface area (Å²) in [6, 6.07) is 23.2. The molecule has 0 aliphatic heterocycles. The van der Waals surface area contributed by atoms with Gasteiger partial charge in [-0.2, -0.15) is 0 Å². The lowest BCUT2D eigenvalue weighted by Gasteiger charge is -2.31. The minimum Gasteiger partial charge on any atom is -0.397 e. The third kappa shape index (κ3) is 5.31.